The average Bonchev–Trinajstić information content (AvgIpc) is 2.82. The fourth-order valence-electron chi connectivity index (χ4n) is 1.94. The highest BCUT2D eigenvalue weighted by atomic mass is 19.1. The molecule has 3 rings (SSSR count). The van der Waals surface area contributed by atoms with Crippen LogP contribution in [0.3, 0.4) is 0 Å². The Bertz CT molecular complexity index is 765. The zero-order chi connectivity index (χ0) is 13.4. The number of nitrogens with zero attached hydrogens (tertiary/aromatic N) is 2. The minimum absolute atomic E-state index is 0.00254. The maximum absolute atomic E-state index is 12.9. The van der Waals surface area contributed by atoms with Gasteiger partial charge in [0.05, 0.1) is 10.4 Å². The van der Waals surface area contributed by atoms with Crippen molar-refractivity contribution in [3.8, 4) is 11.3 Å². The number of benzene rings is 2. The summed E-state index contributed by atoms with van der Waals surface area (Å²) in [6.45, 7) is 0. The number of nitro groups is 1. The van der Waals surface area contributed by atoms with Crippen molar-refractivity contribution in [3.05, 3.63) is 58.4 Å². The number of nitro benzene ring substituents is 1. The van der Waals surface area contributed by atoms with Crippen molar-refractivity contribution in [2.24, 2.45) is 0 Å². The van der Waals surface area contributed by atoms with Crippen molar-refractivity contribution < 1.29 is 9.31 Å². The van der Waals surface area contributed by atoms with Crippen LogP contribution in [0.25, 0.3) is 22.2 Å². The zero-order valence-electron chi connectivity index (χ0n) is 9.63. The Labute approximate surface area is 106 Å². The average molecular weight is 257 g/mol. The zero-order valence-corrected chi connectivity index (χ0v) is 9.63. The van der Waals surface area contributed by atoms with Crippen molar-refractivity contribution >= 4 is 16.6 Å². The summed E-state index contributed by atoms with van der Waals surface area (Å²) >= 11 is 0. The molecule has 3 aromatic rings. The molecule has 0 saturated heterocycles. The number of aromatic amines is 1. The van der Waals surface area contributed by atoms with E-state index in [1.165, 1.54) is 24.3 Å². The van der Waals surface area contributed by atoms with Crippen molar-refractivity contribution in [2.45, 2.75) is 0 Å². The number of halogens is 1. The highest BCUT2D eigenvalue weighted by Gasteiger charge is 2.12. The fourth-order valence-corrected chi connectivity index (χ4v) is 1.94. The molecule has 6 heteroatoms. The van der Waals surface area contributed by atoms with E-state index in [9.17, 15) is 14.5 Å². The predicted molar refractivity (Wildman–Crippen MR) is 68.1 cm³/mol. The SMILES string of the molecule is O=[N+]([O-])c1ccc2[nH]nc(-c3ccc(F)cc3)c2c1. The number of rotatable bonds is 2. The van der Waals surface area contributed by atoms with Gasteiger partial charge in [-0.2, -0.15) is 5.10 Å². The molecule has 0 spiro atoms. The molecule has 0 bridgehead atoms. The minimum Gasteiger partial charge on any atom is -0.277 e. The predicted octanol–water partition coefficient (Wildman–Crippen LogP) is 3.28. The molecule has 0 aliphatic carbocycles. The van der Waals surface area contributed by atoms with Gasteiger partial charge in [-0.3, -0.25) is 15.2 Å². The molecule has 0 saturated carbocycles. The van der Waals surface area contributed by atoms with E-state index in [0.29, 0.717) is 22.2 Å². The van der Waals surface area contributed by atoms with Gasteiger partial charge in [0.2, 0.25) is 0 Å². The van der Waals surface area contributed by atoms with Gasteiger partial charge < -0.3 is 0 Å². The van der Waals surface area contributed by atoms with E-state index in [1.54, 1.807) is 18.2 Å². The van der Waals surface area contributed by atoms with Crippen LogP contribution in [0.5, 0.6) is 0 Å². The monoisotopic (exact) mass is 257 g/mol. The number of hydrogen-bond donors (Lipinski definition) is 1. The largest absolute Gasteiger partial charge is 0.277 e. The van der Waals surface area contributed by atoms with E-state index in [0.717, 1.165) is 0 Å². The Hall–Kier alpha value is -2.76. The lowest BCUT2D eigenvalue weighted by atomic mass is 10.1. The molecular weight excluding hydrogens is 249 g/mol. The third kappa shape index (κ3) is 1.93. The first-order chi connectivity index (χ1) is 9.15. The van der Waals surface area contributed by atoms with Crippen molar-refractivity contribution in [3.63, 3.8) is 0 Å². The molecule has 1 N–H and O–H groups in total. The number of aromatic nitrogens is 2. The second-order valence-corrected chi connectivity index (χ2v) is 4.07. The van der Waals surface area contributed by atoms with Gasteiger partial charge in [0.1, 0.15) is 11.5 Å². The third-order valence-corrected chi connectivity index (χ3v) is 2.87. The first-order valence-corrected chi connectivity index (χ1v) is 5.53. The van der Waals surface area contributed by atoms with Crippen LogP contribution in [-0.4, -0.2) is 15.1 Å². The molecule has 0 aliphatic heterocycles. The van der Waals surface area contributed by atoms with Crippen LogP contribution in [0.4, 0.5) is 10.1 Å². The first kappa shape index (κ1) is 11.3. The Morgan fingerprint density at radius 1 is 1.16 bits per heavy atom. The maximum atomic E-state index is 12.9. The van der Waals surface area contributed by atoms with Gasteiger partial charge in [0, 0.05) is 23.1 Å². The van der Waals surface area contributed by atoms with Crippen LogP contribution < -0.4 is 0 Å². The minimum atomic E-state index is -0.457. The van der Waals surface area contributed by atoms with Crippen molar-refractivity contribution in [1.29, 1.82) is 0 Å². The van der Waals surface area contributed by atoms with Gasteiger partial charge >= 0.3 is 0 Å². The van der Waals surface area contributed by atoms with E-state index >= 15 is 0 Å². The van der Waals surface area contributed by atoms with Crippen LogP contribution >= 0.6 is 0 Å². The van der Waals surface area contributed by atoms with Crippen LogP contribution in [0.2, 0.25) is 0 Å². The van der Waals surface area contributed by atoms with Gasteiger partial charge in [-0.15, -0.1) is 0 Å². The Morgan fingerprint density at radius 2 is 1.89 bits per heavy atom. The Morgan fingerprint density at radius 3 is 2.58 bits per heavy atom. The third-order valence-electron chi connectivity index (χ3n) is 2.87. The highest BCUT2D eigenvalue weighted by molar-refractivity contribution is 5.94. The maximum Gasteiger partial charge on any atom is 0.270 e. The molecule has 19 heavy (non-hydrogen) atoms. The lowest BCUT2D eigenvalue weighted by Gasteiger charge is -1.98. The molecule has 2 aromatic carbocycles. The van der Waals surface area contributed by atoms with Crippen LogP contribution in [0, 0.1) is 15.9 Å². The summed E-state index contributed by atoms with van der Waals surface area (Å²) in [4.78, 5) is 10.3. The molecule has 5 nitrogen and oxygen atoms in total. The normalized spacial score (nSPS) is 10.8. The molecule has 94 valence electrons. The van der Waals surface area contributed by atoms with Crippen LogP contribution in [0.1, 0.15) is 0 Å². The summed E-state index contributed by atoms with van der Waals surface area (Å²) in [7, 11) is 0. The molecule has 0 amide bonds. The smallest absolute Gasteiger partial charge is 0.270 e. The Kier molecular flexibility index (Phi) is 2.49. The van der Waals surface area contributed by atoms with E-state index < -0.39 is 4.92 Å². The summed E-state index contributed by atoms with van der Waals surface area (Å²) in [5, 5.41) is 18.4. The fraction of sp³-hybridized carbons (Fsp3) is 0. The van der Waals surface area contributed by atoms with Crippen molar-refractivity contribution in [2.75, 3.05) is 0 Å². The first-order valence-electron chi connectivity index (χ1n) is 5.53. The Balaban J connectivity index is 2.21. The standard InChI is InChI=1S/C13H8FN3O2/c14-9-3-1-8(2-4-9)13-11-7-10(17(18)19)5-6-12(11)15-16-13/h1-7H,(H,15,16). The molecule has 1 heterocycles. The molecule has 0 unspecified atom stereocenters. The summed E-state index contributed by atoms with van der Waals surface area (Å²) in [6.07, 6.45) is 0. The number of hydrogen-bond acceptors (Lipinski definition) is 3. The van der Waals surface area contributed by atoms with E-state index in [1.807, 2.05) is 0 Å². The number of fused-ring (bicyclic) bond motifs is 1. The molecule has 0 radical (unpaired) electrons. The number of nitrogens with one attached hydrogen (secondary N) is 1. The van der Waals surface area contributed by atoms with Gasteiger partial charge in [-0.25, -0.2) is 4.39 Å². The van der Waals surface area contributed by atoms with Gasteiger partial charge in [-0.1, -0.05) is 0 Å². The number of H-pyrrole nitrogens is 1. The van der Waals surface area contributed by atoms with Gasteiger partial charge in [0.15, 0.2) is 0 Å². The summed E-state index contributed by atoms with van der Waals surface area (Å²) < 4.78 is 12.9. The molecular formula is C13H8FN3O2. The van der Waals surface area contributed by atoms with E-state index in [4.69, 9.17) is 0 Å². The lowest BCUT2D eigenvalue weighted by Crippen LogP contribution is -1.87. The van der Waals surface area contributed by atoms with Gasteiger partial charge in [-0.05, 0) is 30.3 Å². The molecule has 1 aromatic heterocycles. The van der Waals surface area contributed by atoms with Crippen molar-refractivity contribution in [1.82, 2.24) is 10.2 Å². The summed E-state index contributed by atoms with van der Waals surface area (Å²) in [5.41, 5.74) is 1.97. The second-order valence-electron chi connectivity index (χ2n) is 4.07. The van der Waals surface area contributed by atoms with Gasteiger partial charge in [0.25, 0.3) is 5.69 Å². The number of non-ortho nitro benzene ring substituents is 1. The quantitative estimate of drug-likeness (QED) is 0.565. The van der Waals surface area contributed by atoms with E-state index in [2.05, 4.69) is 10.2 Å². The summed E-state index contributed by atoms with van der Waals surface area (Å²) in [5.74, 6) is -0.338. The topological polar surface area (TPSA) is 71.8 Å². The van der Waals surface area contributed by atoms with Crippen LogP contribution in [0.15, 0.2) is 42.5 Å². The molecule has 0 aliphatic rings. The molecule has 0 fully saturated rings. The summed E-state index contributed by atoms with van der Waals surface area (Å²) in [6, 6.07) is 10.3. The second kappa shape index (κ2) is 4.16. The van der Waals surface area contributed by atoms with E-state index in [-0.39, 0.29) is 11.5 Å². The molecule has 0 atom stereocenters. The van der Waals surface area contributed by atoms with Crippen LogP contribution in [-0.2, 0) is 0 Å². The lowest BCUT2D eigenvalue weighted by molar-refractivity contribution is -0.384. The highest BCUT2D eigenvalue weighted by Crippen LogP contribution is 2.29.